The molecule has 2 fully saturated rings. The number of piperidine rings is 1. The van der Waals surface area contributed by atoms with E-state index in [0.717, 1.165) is 37.9 Å². The third kappa shape index (κ3) is 9.35. The van der Waals surface area contributed by atoms with Gasteiger partial charge in [0.25, 0.3) is 0 Å². The smallest absolute Gasteiger partial charge is 0.317 e. The predicted octanol–water partition coefficient (Wildman–Crippen LogP) is 6.14. The molecule has 2 N–H and O–H groups in total. The molecule has 202 valence electrons. The van der Waals surface area contributed by atoms with Crippen LogP contribution in [0.4, 0.5) is 4.79 Å². The number of nitrogens with one attached hydrogen (secondary N) is 2. The molecule has 2 aliphatic rings. The SMILES string of the molecule is CCC(=O)CCCO[C@@H](c1cccc(Cl)c1)[C@@H]1CCCN(C(=O)N[C@H](CNC)CC2CCCCC2)C1. The summed E-state index contributed by atoms with van der Waals surface area (Å²) in [6.07, 6.45) is 11.2. The van der Waals surface area contributed by atoms with E-state index >= 15 is 0 Å². The summed E-state index contributed by atoms with van der Waals surface area (Å²) in [7, 11) is 1.96. The van der Waals surface area contributed by atoms with Crippen molar-refractivity contribution in [1.29, 1.82) is 0 Å². The molecule has 1 aromatic carbocycles. The van der Waals surface area contributed by atoms with Crippen LogP contribution < -0.4 is 10.6 Å². The lowest BCUT2D eigenvalue weighted by Crippen LogP contribution is -2.52. The van der Waals surface area contributed by atoms with Gasteiger partial charge in [-0.05, 0) is 56.3 Å². The molecule has 3 atom stereocenters. The number of amides is 2. The van der Waals surface area contributed by atoms with Gasteiger partial charge in [0.2, 0.25) is 0 Å². The third-order valence-electron chi connectivity index (χ3n) is 7.76. The minimum Gasteiger partial charge on any atom is -0.373 e. The van der Waals surface area contributed by atoms with E-state index in [2.05, 4.69) is 16.7 Å². The second kappa shape index (κ2) is 15.6. The zero-order valence-corrected chi connectivity index (χ0v) is 23.0. The summed E-state index contributed by atoms with van der Waals surface area (Å²) in [5, 5.41) is 7.30. The molecule has 6 nitrogen and oxygen atoms in total. The summed E-state index contributed by atoms with van der Waals surface area (Å²) in [6.45, 7) is 4.65. The van der Waals surface area contributed by atoms with Crippen LogP contribution in [0.15, 0.2) is 24.3 Å². The lowest BCUT2D eigenvalue weighted by Gasteiger charge is -2.38. The number of rotatable bonds is 13. The number of ether oxygens (including phenoxy) is 1. The van der Waals surface area contributed by atoms with Crippen molar-refractivity contribution in [3.05, 3.63) is 34.9 Å². The van der Waals surface area contributed by atoms with Gasteiger partial charge in [-0.25, -0.2) is 4.79 Å². The van der Waals surface area contributed by atoms with Gasteiger partial charge >= 0.3 is 6.03 Å². The number of halogens is 1. The van der Waals surface area contributed by atoms with Crippen molar-refractivity contribution in [2.75, 3.05) is 33.3 Å². The van der Waals surface area contributed by atoms with Gasteiger partial charge in [0.15, 0.2) is 0 Å². The quantitative estimate of drug-likeness (QED) is 0.307. The van der Waals surface area contributed by atoms with Crippen molar-refractivity contribution in [2.24, 2.45) is 11.8 Å². The average Bonchev–Trinajstić information content (AvgIpc) is 2.89. The van der Waals surface area contributed by atoms with Gasteiger partial charge in [-0.2, -0.15) is 0 Å². The first kappa shape index (κ1) is 28.9. The van der Waals surface area contributed by atoms with Crippen LogP contribution in [0.5, 0.6) is 0 Å². The normalized spacial score (nSPS) is 20.6. The van der Waals surface area contributed by atoms with Crippen LogP contribution in [0, 0.1) is 11.8 Å². The maximum Gasteiger partial charge on any atom is 0.317 e. The number of likely N-dealkylation sites (N-methyl/N-ethyl adjacent to an activating group) is 1. The first-order valence-corrected chi connectivity index (χ1v) is 14.5. The first-order chi connectivity index (χ1) is 17.5. The molecule has 0 aromatic heterocycles. The highest BCUT2D eigenvalue weighted by Gasteiger charge is 2.32. The van der Waals surface area contributed by atoms with Crippen LogP contribution in [0.3, 0.4) is 0 Å². The third-order valence-corrected chi connectivity index (χ3v) is 8.00. The fourth-order valence-corrected chi connectivity index (χ4v) is 6.02. The fraction of sp³-hybridized carbons (Fsp3) is 0.724. The van der Waals surface area contributed by atoms with Crippen molar-refractivity contribution in [1.82, 2.24) is 15.5 Å². The van der Waals surface area contributed by atoms with Crippen LogP contribution >= 0.6 is 11.6 Å². The highest BCUT2D eigenvalue weighted by Crippen LogP contribution is 2.34. The lowest BCUT2D eigenvalue weighted by molar-refractivity contribution is -0.119. The second-order valence-corrected chi connectivity index (χ2v) is 11.1. The number of Topliss-reactive ketones (excluding diaryl/α,β-unsaturated/α-hetero) is 1. The fourth-order valence-electron chi connectivity index (χ4n) is 5.82. The van der Waals surface area contributed by atoms with Gasteiger partial charge in [0.05, 0.1) is 6.10 Å². The molecule has 0 radical (unpaired) electrons. The summed E-state index contributed by atoms with van der Waals surface area (Å²) in [5.41, 5.74) is 1.04. The molecule has 0 bridgehead atoms. The zero-order chi connectivity index (χ0) is 25.8. The second-order valence-electron chi connectivity index (χ2n) is 10.6. The van der Waals surface area contributed by atoms with Crippen LogP contribution in [-0.2, 0) is 9.53 Å². The van der Waals surface area contributed by atoms with Crippen LogP contribution in [0.1, 0.15) is 89.2 Å². The van der Waals surface area contributed by atoms with E-state index in [1.807, 2.05) is 37.1 Å². The zero-order valence-electron chi connectivity index (χ0n) is 22.3. The average molecular weight is 520 g/mol. The number of carbonyl (C=O) groups excluding carboxylic acids is 2. The summed E-state index contributed by atoms with van der Waals surface area (Å²) >= 11 is 6.31. The van der Waals surface area contributed by atoms with E-state index in [0.29, 0.717) is 43.4 Å². The number of benzene rings is 1. The molecule has 1 aliphatic heterocycles. The maximum atomic E-state index is 13.3. The molecule has 1 aromatic rings. The summed E-state index contributed by atoms with van der Waals surface area (Å²) in [5.74, 6) is 1.17. The van der Waals surface area contributed by atoms with E-state index in [-0.39, 0.29) is 29.9 Å². The Kier molecular flexibility index (Phi) is 12.5. The highest BCUT2D eigenvalue weighted by molar-refractivity contribution is 6.30. The number of hydrogen-bond acceptors (Lipinski definition) is 4. The molecule has 1 saturated carbocycles. The van der Waals surface area contributed by atoms with E-state index in [1.165, 1.54) is 32.1 Å². The van der Waals surface area contributed by atoms with Crippen molar-refractivity contribution >= 4 is 23.4 Å². The Morgan fingerprint density at radius 2 is 1.97 bits per heavy atom. The molecule has 1 saturated heterocycles. The molecular weight excluding hydrogens is 474 g/mol. The van der Waals surface area contributed by atoms with Crippen LogP contribution in [0.2, 0.25) is 5.02 Å². The largest absolute Gasteiger partial charge is 0.373 e. The van der Waals surface area contributed by atoms with Gasteiger partial charge in [-0.1, -0.05) is 62.8 Å². The summed E-state index contributed by atoms with van der Waals surface area (Å²) in [6, 6.07) is 8.04. The topological polar surface area (TPSA) is 70.7 Å². The molecule has 0 unspecified atom stereocenters. The molecule has 0 spiro atoms. The van der Waals surface area contributed by atoms with E-state index in [9.17, 15) is 9.59 Å². The van der Waals surface area contributed by atoms with Gasteiger partial charge in [0, 0.05) is 56.1 Å². The number of urea groups is 1. The molecule has 1 heterocycles. The highest BCUT2D eigenvalue weighted by atomic mass is 35.5. The standard InChI is InChI=1S/C29H46ClN3O3/c1-3-27(34)15-9-17-36-28(23-12-7-14-25(30)19-23)24-13-8-16-33(21-24)29(35)32-26(20-31-2)18-22-10-5-4-6-11-22/h7,12,14,19,22,24,26,28,31H,3-6,8-11,13,15-18,20-21H2,1-2H3,(H,32,35)/t24-,26+,28+/m1/s1. The van der Waals surface area contributed by atoms with E-state index in [1.54, 1.807) is 0 Å². The monoisotopic (exact) mass is 519 g/mol. The molecular formula is C29H46ClN3O3. The molecule has 7 heteroatoms. The summed E-state index contributed by atoms with van der Waals surface area (Å²) < 4.78 is 6.39. The Morgan fingerprint density at radius 3 is 2.69 bits per heavy atom. The molecule has 36 heavy (non-hydrogen) atoms. The minimum atomic E-state index is -0.147. The molecule has 1 aliphatic carbocycles. The van der Waals surface area contributed by atoms with Crippen LogP contribution in [-0.4, -0.2) is 56.0 Å². The number of nitrogens with zero attached hydrogens (tertiary/aromatic N) is 1. The van der Waals surface area contributed by atoms with E-state index in [4.69, 9.17) is 16.3 Å². The Balaban J connectivity index is 1.62. The van der Waals surface area contributed by atoms with Crippen molar-refractivity contribution in [3.8, 4) is 0 Å². The maximum absolute atomic E-state index is 13.3. The summed E-state index contributed by atoms with van der Waals surface area (Å²) in [4.78, 5) is 27.0. The first-order valence-electron chi connectivity index (χ1n) is 14.1. The lowest BCUT2D eigenvalue weighted by atomic mass is 9.85. The number of ketones is 1. The predicted molar refractivity (Wildman–Crippen MR) is 146 cm³/mol. The van der Waals surface area contributed by atoms with Crippen molar-refractivity contribution < 1.29 is 14.3 Å². The Morgan fingerprint density at radius 1 is 1.17 bits per heavy atom. The Hall–Kier alpha value is -1.63. The van der Waals surface area contributed by atoms with Gasteiger partial charge < -0.3 is 20.3 Å². The van der Waals surface area contributed by atoms with Gasteiger partial charge in [0.1, 0.15) is 5.78 Å². The number of carbonyl (C=O) groups is 2. The van der Waals surface area contributed by atoms with Crippen molar-refractivity contribution in [3.63, 3.8) is 0 Å². The number of hydrogen-bond donors (Lipinski definition) is 2. The molecule has 2 amide bonds. The van der Waals surface area contributed by atoms with Crippen molar-refractivity contribution in [2.45, 2.75) is 89.7 Å². The van der Waals surface area contributed by atoms with Crippen LogP contribution in [0.25, 0.3) is 0 Å². The Labute approximate surface area is 222 Å². The van der Waals surface area contributed by atoms with E-state index < -0.39 is 0 Å². The molecule has 3 rings (SSSR count). The van der Waals surface area contributed by atoms with Gasteiger partial charge in [-0.15, -0.1) is 0 Å². The Bertz CT molecular complexity index is 815. The van der Waals surface area contributed by atoms with Gasteiger partial charge in [-0.3, -0.25) is 4.79 Å². The number of likely N-dealkylation sites (tertiary alicyclic amines) is 1. The minimum absolute atomic E-state index is 0.0362.